The number of carbonyl (C=O) groups is 2. The highest BCUT2D eigenvalue weighted by Crippen LogP contribution is 2.17. The van der Waals surface area contributed by atoms with E-state index in [1.54, 1.807) is 12.1 Å². The molecule has 0 bridgehead atoms. The Morgan fingerprint density at radius 2 is 1.85 bits per heavy atom. The minimum absolute atomic E-state index is 0.0203. The third-order valence-electron chi connectivity index (χ3n) is 4.08. The van der Waals surface area contributed by atoms with E-state index in [1.807, 2.05) is 0 Å². The minimum atomic E-state index is -0.871. The maximum absolute atomic E-state index is 13.7. The van der Waals surface area contributed by atoms with Crippen LogP contribution in [-0.4, -0.2) is 31.1 Å². The molecule has 0 aliphatic carbocycles. The second-order valence-corrected chi connectivity index (χ2v) is 6.00. The van der Waals surface area contributed by atoms with E-state index in [9.17, 15) is 18.4 Å². The number of amides is 2. The van der Waals surface area contributed by atoms with Crippen LogP contribution in [0.3, 0.4) is 0 Å². The van der Waals surface area contributed by atoms with Crippen molar-refractivity contribution >= 4 is 17.5 Å². The first kappa shape index (κ1) is 18.0. The Morgan fingerprint density at radius 1 is 1.08 bits per heavy atom. The van der Waals surface area contributed by atoms with Crippen molar-refractivity contribution in [1.82, 2.24) is 5.32 Å². The van der Waals surface area contributed by atoms with Gasteiger partial charge in [-0.05, 0) is 43.2 Å². The van der Waals surface area contributed by atoms with Crippen LogP contribution < -0.4 is 10.6 Å². The Hall–Kier alpha value is -2.80. The molecule has 3 rings (SSSR count). The standard InChI is InChI=1S/C19H18F2N2O3/c20-14-6-7-17(16(21)10-14)23-19(25)13-4-1-3-12(9-13)18(24)22-11-15-5-2-8-26-15/h1,3-4,6-7,9-10,15H,2,5,8,11H2,(H,22,24)(H,23,25). The summed E-state index contributed by atoms with van der Waals surface area (Å²) >= 11 is 0. The summed E-state index contributed by atoms with van der Waals surface area (Å²) in [5.41, 5.74) is 0.373. The van der Waals surface area contributed by atoms with E-state index in [4.69, 9.17) is 4.74 Å². The van der Waals surface area contributed by atoms with Crippen LogP contribution in [0.1, 0.15) is 33.6 Å². The third-order valence-corrected chi connectivity index (χ3v) is 4.08. The summed E-state index contributed by atoms with van der Waals surface area (Å²) in [7, 11) is 0. The van der Waals surface area contributed by atoms with Gasteiger partial charge in [0.2, 0.25) is 0 Å². The zero-order chi connectivity index (χ0) is 18.5. The molecule has 2 aromatic rings. The lowest BCUT2D eigenvalue weighted by atomic mass is 10.1. The van der Waals surface area contributed by atoms with Gasteiger partial charge < -0.3 is 15.4 Å². The van der Waals surface area contributed by atoms with Gasteiger partial charge in [0.25, 0.3) is 11.8 Å². The van der Waals surface area contributed by atoms with Crippen LogP contribution in [0, 0.1) is 11.6 Å². The van der Waals surface area contributed by atoms with E-state index in [2.05, 4.69) is 10.6 Å². The number of anilines is 1. The van der Waals surface area contributed by atoms with Crippen molar-refractivity contribution in [2.24, 2.45) is 0 Å². The van der Waals surface area contributed by atoms with Gasteiger partial charge in [0.05, 0.1) is 11.8 Å². The van der Waals surface area contributed by atoms with Crippen LogP contribution in [0.5, 0.6) is 0 Å². The molecule has 0 spiro atoms. The number of ether oxygens (including phenoxy) is 1. The summed E-state index contributed by atoms with van der Waals surface area (Å²) in [6.45, 7) is 1.12. The molecule has 1 saturated heterocycles. The molecule has 2 amide bonds. The molecule has 5 nitrogen and oxygen atoms in total. The average Bonchev–Trinajstić information content (AvgIpc) is 3.15. The molecule has 0 aromatic heterocycles. The zero-order valence-corrected chi connectivity index (χ0v) is 13.9. The first-order chi connectivity index (χ1) is 12.5. The van der Waals surface area contributed by atoms with Gasteiger partial charge in [0.1, 0.15) is 11.6 Å². The fourth-order valence-corrected chi connectivity index (χ4v) is 2.70. The van der Waals surface area contributed by atoms with Crippen molar-refractivity contribution in [3.8, 4) is 0 Å². The Bertz CT molecular complexity index is 820. The Labute approximate surface area is 149 Å². The largest absolute Gasteiger partial charge is 0.376 e. The highest BCUT2D eigenvalue weighted by atomic mass is 19.1. The van der Waals surface area contributed by atoms with E-state index >= 15 is 0 Å². The minimum Gasteiger partial charge on any atom is -0.376 e. The molecule has 1 unspecified atom stereocenters. The molecule has 1 atom stereocenters. The number of rotatable bonds is 5. The van der Waals surface area contributed by atoms with Crippen molar-refractivity contribution < 1.29 is 23.1 Å². The van der Waals surface area contributed by atoms with Crippen LogP contribution in [0.15, 0.2) is 42.5 Å². The summed E-state index contributed by atoms with van der Waals surface area (Å²) in [5, 5.41) is 5.14. The smallest absolute Gasteiger partial charge is 0.255 e. The van der Waals surface area contributed by atoms with Crippen molar-refractivity contribution in [1.29, 1.82) is 0 Å². The van der Waals surface area contributed by atoms with Crippen molar-refractivity contribution in [2.45, 2.75) is 18.9 Å². The SMILES string of the molecule is O=C(NCC1CCCO1)c1cccc(C(=O)Nc2ccc(F)cc2F)c1. The van der Waals surface area contributed by atoms with E-state index in [0.29, 0.717) is 24.8 Å². The summed E-state index contributed by atoms with van der Waals surface area (Å²) in [6, 6.07) is 8.95. The molecule has 0 radical (unpaired) electrons. The van der Waals surface area contributed by atoms with Gasteiger partial charge in [-0.3, -0.25) is 9.59 Å². The molecule has 1 fully saturated rings. The summed E-state index contributed by atoms with van der Waals surface area (Å²) in [6.07, 6.45) is 1.91. The number of nitrogens with one attached hydrogen (secondary N) is 2. The molecule has 1 aliphatic rings. The van der Waals surface area contributed by atoms with Crippen LogP contribution in [0.2, 0.25) is 0 Å². The highest BCUT2D eigenvalue weighted by molar-refractivity contribution is 6.06. The lowest BCUT2D eigenvalue weighted by Gasteiger charge is -2.11. The Morgan fingerprint density at radius 3 is 2.54 bits per heavy atom. The summed E-state index contributed by atoms with van der Waals surface area (Å²) < 4.78 is 32.0. The molecule has 1 aliphatic heterocycles. The molecule has 26 heavy (non-hydrogen) atoms. The molecule has 2 aromatic carbocycles. The molecular weight excluding hydrogens is 342 g/mol. The molecule has 0 saturated carbocycles. The van der Waals surface area contributed by atoms with E-state index in [1.165, 1.54) is 12.1 Å². The predicted octanol–water partition coefficient (Wildman–Crippen LogP) is 3.13. The monoisotopic (exact) mass is 360 g/mol. The van der Waals surface area contributed by atoms with Crippen LogP contribution >= 0.6 is 0 Å². The van der Waals surface area contributed by atoms with Gasteiger partial charge in [0, 0.05) is 30.3 Å². The number of hydrogen-bond acceptors (Lipinski definition) is 3. The lowest BCUT2D eigenvalue weighted by Crippen LogP contribution is -2.31. The van der Waals surface area contributed by atoms with E-state index in [-0.39, 0.29) is 23.3 Å². The van der Waals surface area contributed by atoms with Gasteiger partial charge in [-0.2, -0.15) is 0 Å². The maximum Gasteiger partial charge on any atom is 0.255 e. The number of carbonyl (C=O) groups excluding carboxylic acids is 2. The van der Waals surface area contributed by atoms with Crippen molar-refractivity contribution in [2.75, 3.05) is 18.5 Å². The predicted molar refractivity (Wildman–Crippen MR) is 92.1 cm³/mol. The molecule has 136 valence electrons. The summed E-state index contributed by atoms with van der Waals surface area (Å²) in [4.78, 5) is 24.5. The number of benzene rings is 2. The second kappa shape index (κ2) is 8.05. The van der Waals surface area contributed by atoms with Crippen molar-refractivity contribution in [3.63, 3.8) is 0 Å². The maximum atomic E-state index is 13.7. The molecule has 1 heterocycles. The first-order valence-electron chi connectivity index (χ1n) is 8.29. The van der Waals surface area contributed by atoms with Crippen LogP contribution in [-0.2, 0) is 4.74 Å². The fourth-order valence-electron chi connectivity index (χ4n) is 2.70. The van der Waals surface area contributed by atoms with Gasteiger partial charge in [-0.25, -0.2) is 8.78 Å². The van der Waals surface area contributed by atoms with E-state index < -0.39 is 17.5 Å². The number of hydrogen-bond donors (Lipinski definition) is 2. The molecular formula is C19H18F2N2O3. The van der Waals surface area contributed by atoms with Gasteiger partial charge >= 0.3 is 0 Å². The van der Waals surface area contributed by atoms with Crippen LogP contribution in [0.4, 0.5) is 14.5 Å². The topological polar surface area (TPSA) is 67.4 Å². The molecule has 2 N–H and O–H groups in total. The third kappa shape index (κ3) is 4.43. The second-order valence-electron chi connectivity index (χ2n) is 6.00. The Kier molecular flexibility index (Phi) is 5.58. The van der Waals surface area contributed by atoms with Gasteiger partial charge in [0.15, 0.2) is 0 Å². The average molecular weight is 360 g/mol. The van der Waals surface area contributed by atoms with E-state index in [0.717, 1.165) is 25.0 Å². The van der Waals surface area contributed by atoms with Gasteiger partial charge in [-0.15, -0.1) is 0 Å². The summed E-state index contributed by atoms with van der Waals surface area (Å²) in [5.74, 6) is -2.51. The Balaban J connectivity index is 1.65. The quantitative estimate of drug-likeness (QED) is 0.861. The highest BCUT2D eigenvalue weighted by Gasteiger charge is 2.17. The molecule has 7 heteroatoms. The first-order valence-corrected chi connectivity index (χ1v) is 8.29. The fraction of sp³-hybridized carbons (Fsp3) is 0.263. The van der Waals surface area contributed by atoms with Crippen molar-refractivity contribution in [3.05, 3.63) is 65.2 Å². The normalized spacial score (nSPS) is 16.3. The van der Waals surface area contributed by atoms with Gasteiger partial charge in [-0.1, -0.05) is 6.07 Å². The zero-order valence-electron chi connectivity index (χ0n) is 13.9. The number of halogens is 2. The van der Waals surface area contributed by atoms with Crippen LogP contribution in [0.25, 0.3) is 0 Å². The lowest BCUT2D eigenvalue weighted by molar-refractivity contribution is 0.0858.